The molecule has 1 aliphatic heterocycles. The van der Waals surface area contributed by atoms with Crippen molar-refractivity contribution in [3.8, 4) is 0 Å². The fourth-order valence-electron chi connectivity index (χ4n) is 2.54. The van der Waals surface area contributed by atoms with Crippen molar-refractivity contribution < 1.29 is 0 Å². The highest BCUT2D eigenvalue weighted by Gasteiger charge is 2.21. The summed E-state index contributed by atoms with van der Waals surface area (Å²) in [5.41, 5.74) is 1.66. The minimum atomic E-state index is 0.628. The Morgan fingerprint density at radius 1 is 1.44 bits per heavy atom. The molecular formula is C12H18N6. The van der Waals surface area contributed by atoms with Gasteiger partial charge in [-0.15, -0.1) is 0 Å². The van der Waals surface area contributed by atoms with Crippen LogP contribution in [0.5, 0.6) is 0 Å². The summed E-state index contributed by atoms with van der Waals surface area (Å²) in [5.74, 6) is 2.31. The Kier molecular flexibility index (Phi) is 2.77. The van der Waals surface area contributed by atoms with Gasteiger partial charge in [0.15, 0.2) is 11.5 Å². The van der Waals surface area contributed by atoms with Crippen molar-refractivity contribution in [2.75, 3.05) is 30.4 Å². The van der Waals surface area contributed by atoms with Crippen LogP contribution in [0.3, 0.4) is 0 Å². The van der Waals surface area contributed by atoms with Gasteiger partial charge in [-0.1, -0.05) is 6.92 Å². The summed E-state index contributed by atoms with van der Waals surface area (Å²) in [6.45, 7) is 4.39. The molecule has 2 aromatic heterocycles. The van der Waals surface area contributed by atoms with Crippen molar-refractivity contribution in [3.63, 3.8) is 0 Å². The maximum absolute atomic E-state index is 4.58. The third-order valence-electron chi connectivity index (χ3n) is 3.45. The molecule has 1 aliphatic rings. The largest absolute Gasteiger partial charge is 0.357 e. The van der Waals surface area contributed by atoms with Crippen molar-refractivity contribution >= 4 is 22.9 Å². The second kappa shape index (κ2) is 4.44. The topological polar surface area (TPSA) is 69.7 Å². The molecule has 6 nitrogen and oxygen atoms in total. The highest BCUT2D eigenvalue weighted by molar-refractivity contribution is 5.84. The van der Waals surface area contributed by atoms with Crippen LogP contribution in [0.25, 0.3) is 11.2 Å². The number of rotatable bonds is 2. The molecule has 3 rings (SSSR count). The lowest BCUT2D eigenvalue weighted by molar-refractivity contribution is 0.445. The molecule has 1 fully saturated rings. The van der Waals surface area contributed by atoms with Crippen LogP contribution in [0, 0.1) is 5.92 Å². The first-order valence-electron chi connectivity index (χ1n) is 6.41. The van der Waals surface area contributed by atoms with E-state index >= 15 is 0 Å². The molecule has 0 saturated carbocycles. The fourth-order valence-corrected chi connectivity index (χ4v) is 2.54. The lowest BCUT2D eigenvalue weighted by Gasteiger charge is -2.32. The normalized spacial score (nSPS) is 20.3. The van der Waals surface area contributed by atoms with Gasteiger partial charge in [-0.25, -0.2) is 4.98 Å². The Balaban J connectivity index is 2.05. The standard InChI is InChI=1S/C12H18N6/c1-8-4-3-5-18(6-8)11-9-10(15-7-14-9)16-12(13-2)17-11/h7-8H,3-6H2,1-2H3,(H2,13,14,15,16,17). The summed E-state index contributed by atoms with van der Waals surface area (Å²) in [4.78, 5) is 18.6. The van der Waals surface area contributed by atoms with Gasteiger partial charge in [0.2, 0.25) is 5.95 Å². The number of aromatic amines is 1. The zero-order chi connectivity index (χ0) is 12.5. The zero-order valence-electron chi connectivity index (χ0n) is 10.8. The van der Waals surface area contributed by atoms with Crippen molar-refractivity contribution in [1.82, 2.24) is 19.9 Å². The average molecular weight is 246 g/mol. The number of imidazole rings is 1. The number of anilines is 2. The van der Waals surface area contributed by atoms with E-state index in [4.69, 9.17) is 0 Å². The predicted molar refractivity (Wildman–Crippen MR) is 71.8 cm³/mol. The molecule has 0 aromatic carbocycles. The Bertz CT molecular complexity index is 548. The summed E-state index contributed by atoms with van der Waals surface area (Å²) < 4.78 is 0. The Labute approximate surface area is 106 Å². The van der Waals surface area contributed by atoms with Crippen LogP contribution < -0.4 is 10.2 Å². The van der Waals surface area contributed by atoms with Gasteiger partial charge in [0.1, 0.15) is 5.52 Å². The Hall–Kier alpha value is -1.85. The molecule has 0 spiro atoms. The number of fused-ring (bicyclic) bond motifs is 1. The molecular weight excluding hydrogens is 228 g/mol. The molecule has 6 heteroatoms. The molecule has 0 amide bonds. The fraction of sp³-hybridized carbons (Fsp3) is 0.583. The van der Waals surface area contributed by atoms with Crippen LogP contribution >= 0.6 is 0 Å². The summed E-state index contributed by atoms with van der Waals surface area (Å²) in [5, 5.41) is 3.00. The lowest BCUT2D eigenvalue weighted by Crippen LogP contribution is -2.35. The van der Waals surface area contributed by atoms with Gasteiger partial charge in [0.05, 0.1) is 6.33 Å². The first-order chi connectivity index (χ1) is 8.78. The number of hydrogen-bond donors (Lipinski definition) is 2. The third kappa shape index (κ3) is 1.87. The summed E-state index contributed by atoms with van der Waals surface area (Å²) >= 11 is 0. The van der Waals surface area contributed by atoms with E-state index in [1.54, 1.807) is 6.33 Å². The predicted octanol–water partition coefficient (Wildman–Crippen LogP) is 1.63. The molecule has 96 valence electrons. The van der Waals surface area contributed by atoms with E-state index in [1.165, 1.54) is 12.8 Å². The number of H-pyrrole nitrogens is 1. The summed E-state index contributed by atoms with van der Waals surface area (Å²) in [6, 6.07) is 0. The Morgan fingerprint density at radius 3 is 3.11 bits per heavy atom. The maximum atomic E-state index is 4.58. The van der Waals surface area contributed by atoms with Crippen LogP contribution in [0.2, 0.25) is 0 Å². The SMILES string of the molecule is CNc1nc(N2CCCC(C)C2)c2[nH]cnc2n1. The highest BCUT2D eigenvalue weighted by atomic mass is 15.2. The number of nitrogens with zero attached hydrogens (tertiary/aromatic N) is 4. The van der Waals surface area contributed by atoms with Crippen LogP contribution in [-0.4, -0.2) is 40.1 Å². The highest BCUT2D eigenvalue weighted by Crippen LogP contribution is 2.27. The monoisotopic (exact) mass is 246 g/mol. The van der Waals surface area contributed by atoms with Gasteiger partial charge >= 0.3 is 0 Å². The number of nitrogens with one attached hydrogen (secondary N) is 2. The first kappa shape index (κ1) is 11.3. The van der Waals surface area contributed by atoms with Crippen molar-refractivity contribution in [3.05, 3.63) is 6.33 Å². The molecule has 0 aliphatic carbocycles. The molecule has 18 heavy (non-hydrogen) atoms. The number of hydrogen-bond acceptors (Lipinski definition) is 5. The van der Waals surface area contributed by atoms with Gasteiger partial charge in [0.25, 0.3) is 0 Å². The van der Waals surface area contributed by atoms with Crippen molar-refractivity contribution in [2.45, 2.75) is 19.8 Å². The van der Waals surface area contributed by atoms with E-state index in [0.717, 1.165) is 30.1 Å². The first-order valence-corrected chi connectivity index (χ1v) is 6.41. The minimum absolute atomic E-state index is 0.628. The van der Waals surface area contributed by atoms with Crippen LogP contribution in [0.15, 0.2) is 6.33 Å². The van der Waals surface area contributed by atoms with E-state index in [-0.39, 0.29) is 0 Å². The zero-order valence-corrected chi connectivity index (χ0v) is 10.8. The van der Waals surface area contributed by atoms with Gasteiger partial charge in [-0.05, 0) is 18.8 Å². The summed E-state index contributed by atoms with van der Waals surface area (Å²) in [6.07, 6.45) is 4.19. The molecule has 1 unspecified atom stereocenters. The minimum Gasteiger partial charge on any atom is -0.357 e. The lowest BCUT2D eigenvalue weighted by atomic mass is 10.0. The van der Waals surface area contributed by atoms with E-state index in [0.29, 0.717) is 11.9 Å². The van der Waals surface area contributed by atoms with Crippen molar-refractivity contribution in [1.29, 1.82) is 0 Å². The second-order valence-electron chi connectivity index (χ2n) is 4.92. The average Bonchev–Trinajstić information content (AvgIpc) is 2.85. The molecule has 2 N–H and O–H groups in total. The third-order valence-corrected chi connectivity index (χ3v) is 3.45. The molecule has 0 radical (unpaired) electrons. The van der Waals surface area contributed by atoms with Crippen LogP contribution in [0.4, 0.5) is 11.8 Å². The van der Waals surface area contributed by atoms with Gasteiger partial charge in [-0.3, -0.25) is 0 Å². The van der Waals surface area contributed by atoms with Crippen LogP contribution in [-0.2, 0) is 0 Å². The number of aromatic nitrogens is 4. The van der Waals surface area contributed by atoms with Crippen molar-refractivity contribution in [2.24, 2.45) is 5.92 Å². The van der Waals surface area contributed by atoms with E-state index in [1.807, 2.05) is 7.05 Å². The Morgan fingerprint density at radius 2 is 2.33 bits per heavy atom. The van der Waals surface area contributed by atoms with Gasteiger partial charge in [0, 0.05) is 20.1 Å². The smallest absolute Gasteiger partial charge is 0.226 e. The molecule has 1 saturated heterocycles. The second-order valence-corrected chi connectivity index (χ2v) is 4.92. The molecule has 3 heterocycles. The molecule has 2 aromatic rings. The van der Waals surface area contributed by atoms with E-state index in [2.05, 4.69) is 37.1 Å². The summed E-state index contributed by atoms with van der Waals surface area (Å²) in [7, 11) is 1.83. The number of piperidine rings is 1. The maximum Gasteiger partial charge on any atom is 0.226 e. The molecule has 0 bridgehead atoms. The molecule has 1 atom stereocenters. The van der Waals surface area contributed by atoms with E-state index < -0.39 is 0 Å². The van der Waals surface area contributed by atoms with Gasteiger partial charge in [-0.2, -0.15) is 9.97 Å². The van der Waals surface area contributed by atoms with E-state index in [9.17, 15) is 0 Å². The quantitative estimate of drug-likeness (QED) is 0.843. The van der Waals surface area contributed by atoms with Crippen LogP contribution in [0.1, 0.15) is 19.8 Å². The van der Waals surface area contributed by atoms with Gasteiger partial charge < -0.3 is 15.2 Å².